The Morgan fingerprint density at radius 2 is 1.70 bits per heavy atom. The Labute approximate surface area is 150 Å². The van der Waals surface area contributed by atoms with Crippen molar-refractivity contribution in [2.24, 2.45) is 0 Å². The number of aryl methyl sites for hydroxylation is 1. The molecule has 0 spiro atoms. The number of benzene rings is 2. The molecule has 0 saturated heterocycles. The highest BCUT2D eigenvalue weighted by atomic mass is 79.9. The Morgan fingerprint density at radius 3 is 2.57 bits per heavy atom. The van der Waals surface area contributed by atoms with Gasteiger partial charge in [-0.2, -0.15) is 4.57 Å². The molecule has 2 nitrogen and oxygen atoms in total. The molecule has 1 aromatic heterocycles. The van der Waals surface area contributed by atoms with Gasteiger partial charge in [-0.15, -0.1) is 0 Å². The van der Waals surface area contributed by atoms with Crippen molar-refractivity contribution in [3.8, 4) is 16.9 Å². The van der Waals surface area contributed by atoms with E-state index >= 15 is 0 Å². The van der Waals surface area contributed by atoms with E-state index < -0.39 is 0 Å². The first kappa shape index (κ1) is 15.0. The van der Waals surface area contributed by atoms with Gasteiger partial charge in [0.2, 0.25) is 0 Å². The molecule has 2 aromatic carbocycles. The number of imidazole rings is 1. The second-order valence-electron chi connectivity index (χ2n) is 5.91. The van der Waals surface area contributed by atoms with Crippen molar-refractivity contribution in [3.63, 3.8) is 0 Å². The van der Waals surface area contributed by atoms with Crippen molar-refractivity contribution in [2.45, 2.75) is 24.5 Å². The van der Waals surface area contributed by atoms with Gasteiger partial charge in [0.05, 0.1) is 0 Å². The number of para-hydroxylation sites is 1. The van der Waals surface area contributed by atoms with Crippen LogP contribution in [0, 0.1) is 0 Å². The minimum absolute atomic E-state index is 0. The molecule has 0 N–H and O–H groups in total. The number of thioether (sulfide) groups is 1. The van der Waals surface area contributed by atoms with E-state index in [0.29, 0.717) is 0 Å². The number of hydrogen-bond donors (Lipinski definition) is 0. The van der Waals surface area contributed by atoms with Gasteiger partial charge in [-0.1, -0.05) is 42.5 Å². The maximum Gasteiger partial charge on any atom is 0.324 e. The predicted octanol–water partition coefficient (Wildman–Crippen LogP) is 0.640. The molecule has 0 fully saturated rings. The summed E-state index contributed by atoms with van der Waals surface area (Å²) in [6.07, 6.45) is 2.27. The van der Waals surface area contributed by atoms with E-state index in [1.54, 1.807) is 0 Å². The van der Waals surface area contributed by atoms with Crippen LogP contribution in [0.5, 0.6) is 0 Å². The summed E-state index contributed by atoms with van der Waals surface area (Å²) in [5.74, 6) is 1.18. The summed E-state index contributed by atoms with van der Waals surface area (Å²) in [6, 6.07) is 19.7. The largest absolute Gasteiger partial charge is 1.00 e. The first-order valence-corrected chi connectivity index (χ1v) is 8.86. The van der Waals surface area contributed by atoms with Crippen LogP contribution in [0.4, 0.5) is 0 Å². The molecule has 2 aliphatic rings. The van der Waals surface area contributed by atoms with Gasteiger partial charge in [0, 0.05) is 17.7 Å². The first-order chi connectivity index (χ1) is 10.9. The van der Waals surface area contributed by atoms with Gasteiger partial charge in [-0.25, -0.2) is 4.57 Å². The van der Waals surface area contributed by atoms with Crippen molar-refractivity contribution in [1.82, 2.24) is 4.57 Å². The van der Waals surface area contributed by atoms with Gasteiger partial charge in [0.15, 0.2) is 11.4 Å². The number of fused-ring (bicyclic) bond motifs is 5. The second kappa shape index (κ2) is 5.84. The van der Waals surface area contributed by atoms with Crippen molar-refractivity contribution >= 4 is 11.8 Å². The zero-order chi connectivity index (χ0) is 14.5. The number of rotatable bonds is 1. The molecule has 23 heavy (non-hydrogen) atoms. The smallest absolute Gasteiger partial charge is 0.324 e. The molecule has 1 aliphatic carbocycles. The molecule has 0 saturated carbocycles. The summed E-state index contributed by atoms with van der Waals surface area (Å²) < 4.78 is 5.02. The van der Waals surface area contributed by atoms with Crippen LogP contribution in [0.15, 0.2) is 59.8 Å². The second-order valence-corrected chi connectivity index (χ2v) is 6.97. The molecular weight excluding hydrogens is 368 g/mol. The quantitative estimate of drug-likeness (QED) is 0.559. The first-order valence-electron chi connectivity index (χ1n) is 7.87. The molecule has 2 heterocycles. The van der Waals surface area contributed by atoms with E-state index in [1.807, 2.05) is 11.8 Å². The SMILES string of the molecule is [Br-].c1ccc(-n2c3c([n+]4c2SCC4)-c2ccccc2CC3)cc1. The number of halogens is 1. The predicted molar refractivity (Wildman–Crippen MR) is 89.5 cm³/mol. The molecule has 116 valence electrons. The third kappa shape index (κ3) is 2.19. The Morgan fingerprint density at radius 1 is 0.913 bits per heavy atom. The lowest BCUT2D eigenvalue weighted by Gasteiger charge is -2.14. The molecule has 0 atom stereocenters. The van der Waals surface area contributed by atoms with Crippen LogP contribution >= 0.6 is 11.8 Å². The van der Waals surface area contributed by atoms with Gasteiger partial charge >= 0.3 is 5.16 Å². The molecule has 0 bridgehead atoms. The summed E-state index contributed by atoms with van der Waals surface area (Å²) in [5.41, 5.74) is 7.15. The summed E-state index contributed by atoms with van der Waals surface area (Å²) >= 11 is 1.98. The fourth-order valence-corrected chi connectivity index (χ4v) is 4.91. The maximum atomic E-state index is 2.53. The molecule has 0 unspecified atom stereocenters. The molecular formula is C19H17BrN2S. The van der Waals surface area contributed by atoms with Crippen molar-refractivity contribution < 1.29 is 21.5 Å². The third-order valence-corrected chi connectivity index (χ3v) is 5.75. The van der Waals surface area contributed by atoms with Crippen molar-refractivity contribution in [2.75, 3.05) is 5.75 Å². The summed E-state index contributed by atoms with van der Waals surface area (Å²) in [6.45, 7) is 1.12. The molecule has 0 amide bonds. The van der Waals surface area contributed by atoms with E-state index in [-0.39, 0.29) is 17.0 Å². The summed E-state index contributed by atoms with van der Waals surface area (Å²) in [7, 11) is 0. The summed E-state index contributed by atoms with van der Waals surface area (Å²) in [4.78, 5) is 0. The topological polar surface area (TPSA) is 8.81 Å². The fraction of sp³-hybridized carbons (Fsp3) is 0.211. The van der Waals surface area contributed by atoms with E-state index in [1.165, 1.54) is 39.1 Å². The highest BCUT2D eigenvalue weighted by Gasteiger charge is 2.38. The Balaban J connectivity index is 0.00000135. The lowest BCUT2D eigenvalue weighted by atomic mass is 9.92. The van der Waals surface area contributed by atoms with Gasteiger partial charge in [-0.3, -0.25) is 0 Å². The van der Waals surface area contributed by atoms with E-state index in [9.17, 15) is 0 Å². The van der Waals surface area contributed by atoms with Crippen molar-refractivity contribution in [1.29, 1.82) is 0 Å². The van der Waals surface area contributed by atoms with Gasteiger partial charge in [0.1, 0.15) is 12.2 Å². The van der Waals surface area contributed by atoms with Crippen LogP contribution < -0.4 is 21.5 Å². The normalized spacial score (nSPS) is 14.6. The number of nitrogens with zero attached hydrogens (tertiary/aromatic N) is 2. The third-order valence-electron chi connectivity index (χ3n) is 4.70. The average molecular weight is 385 g/mol. The molecule has 1 aliphatic heterocycles. The minimum Gasteiger partial charge on any atom is -1.00 e. The van der Waals surface area contributed by atoms with Crippen molar-refractivity contribution in [3.05, 3.63) is 65.9 Å². The molecule has 0 radical (unpaired) electrons. The van der Waals surface area contributed by atoms with Crippen LogP contribution in [-0.4, -0.2) is 10.3 Å². The Kier molecular flexibility index (Phi) is 3.82. The van der Waals surface area contributed by atoms with Crippen LogP contribution in [0.2, 0.25) is 0 Å². The van der Waals surface area contributed by atoms with E-state index in [4.69, 9.17) is 0 Å². The zero-order valence-corrected chi connectivity index (χ0v) is 15.1. The highest BCUT2D eigenvalue weighted by molar-refractivity contribution is 7.99. The number of hydrogen-bond acceptors (Lipinski definition) is 1. The lowest BCUT2D eigenvalue weighted by Crippen LogP contribution is -3.00. The molecule has 3 aromatic rings. The monoisotopic (exact) mass is 384 g/mol. The average Bonchev–Trinajstić information content (AvgIpc) is 3.15. The van der Waals surface area contributed by atoms with E-state index in [2.05, 4.69) is 63.7 Å². The minimum atomic E-state index is 0. The standard InChI is InChI=1S/C19H17N2S.BrH/c1-2-7-15(8-3-1)21-17-11-10-14-6-4-5-9-16(14)18(17)20-12-13-22-19(20)21;/h1-9H,10-13H2;1H/q+1;/p-1. The molecule has 4 heteroatoms. The number of aromatic nitrogens is 2. The van der Waals surface area contributed by atoms with Crippen LogP contribution in [0.3, 0.4) is 0 Å². The van der Waals surface area contributed by atoms with Crippen LogP contribution in [0.1, 0.15) is 11.3 Å². The Hall–Kier alpha value is -1.52. The Bertz CT molecular complexity index is 849. The maximum absolute atomic E-state index is 2.53. The highest BCUT2D eigenvalue weighted by Crippen LogP contribution is 2.38. The van der Waals surface area contributed by atoms with E-state index in [0.717, 1.165) is 19.4 Å². The van der Waals surface area contributed by atoms with Gasteiger partial charge < -0.3 is 17.0 Å². The van der Waals surface area contributed by atoms with Gasteiger partial charge in [-0.05, 0) is 35.9 Å². The lowest BCUT2D eigenvalue weighted by molar-refractivity contribution is -0.713. The van der Waals surface area contributed by atoms with Crippen LogP contribution in [0.25, 0.3) is 16.9 Å². The molecule has 5 rings (SSSR count). The van der Waals surface area contributed by atoms with Crippen LogP contribution in [-0.2, 0) is 19.4 Å². The summed E-state index contributed by atoms with van der Waals surface area (Å²) in [5, 5.41) is 1.40. The van der Waals surface area contributed by atoms with Gasteiger partial charge in [0.25, 0.3) is 0 Å². The fourth-order valence-electron chi connectivity index (χ4n) is 3.77. The zero-order valence-electron chi connectivity index (χ0n) is 12.7.